The van der Waals surface area contributed by atoms with Gasteiger partial charge in [-0.15, -0.1) is 10.2 Å². The van der Waals surface area contributed by atoms with Crippen LogP contribution < -0.4 is 9.62 Å². The van der Waals surface area contributed by atoms with Gasteiger partial charge in [-0.1, -0.05) is 46.9 Å². The lowest BCUT2D eigenvalue weighted by Crippen LogP contribution is -2.38. The Bertz CT molecular complexity index is 1350. The fourth-order valence-electron chi connectivity index (χ4n) is 2.78. The number of hydrogen-bond donors (Lipinski definition) is 1. The number of nitrogens with zero attached hydrogens (tertiary/aromatic N) is 3. The van der Waals surface area contributed by atoms with Crippen molar-refractivity contribution < 1.29 is 35.9 Å². The molecule has 2 aromatic carbocycles. The molecule has 36 heavy (non-hydrogen) atoms. The molecule has 0 aliphatic heterocycles. The third-order valence-electron chi connectivity index (χ3n) is 4.55. The number of amides is 1. The van der Waals surface area contributed by atoms with E-state index in [1.54, 1.807) is 6.92 Å². The number of alkyl halides is 3. The largest absolute Gasteiger partial charge is 0.468 e. The van der Waals surface area contributed by atoms with E-state index in [0.29, 0.717) is 14.7 Å². The maximum absolute atomic E-state index is 13.4. The number of carbonyl (C=O) groups excluding carboxylic acids is 2. The molecule has 3 aromatic rings. The van der Waals surface area contributed by atoms with Gasteiger partial charge in [0.05, 0.1) is 29.0 Å². The first-order valence-corrected chi connectivity index (χ1v) is 13.2. The summed E-state index contributed by atoms with van der Waals surface area (Å²) in [5.41, 5.74) is -0.637. The van der Waals surface area contributed by atoms with Gasteiger partial charge in [0, 0.05) is 0 Å². The van der Waals surface area contributed by atoms with Crippen LogP contribution in [-0.4, -0.2) is 49.9 Å². The van der Waals surface area contributed by atoms with Gasteiger partial charge in [0.2, 0.25) is 11.0 Å². The highest BCUT2D eigenvalue weighted by atomic mass is 32.2. The lowest BCUT2D eigenvalue weighted by Gasteiger charge is -2.24. The quantitative estimate of drug-likeness (QED) is 0.237. The lowest BCUT2D eigenvalue weighted by molar-refractivity contribution is -0.138. The van der Waals surface area contributed by atoms with E-state index in [9.17, 15) is 31.2 Å². The molecular formula is C21H19F3N4O5S3. The van der Waals surface area contributed by atoms with Crippen LogP contribution in [0.1, 0.15) is 11.1 Å². The number of nitrogens with one attached hydrogen (secondary N) is 1. The molecule has 1 aromatic heterocycles. The summed E-state index contributed by atoms with van der Waals surface area (Å²) in [5, 5.41) is 9.98. The first kappa shape index (κ1) is 27.4. The highest BCUT2D eigenvalue weighted by molar-refractivity contribution is 8.01. The molecule has 0 aliphatic carbocycles. The van der Waals surface area contributed by atoms with Crippen LogP contribution in [0.4, 0.5) is 24.0 Å². The molecule has 9 nitrogen and oxygen atoms in total. The highest BCUT2D eigenvalue weighted by Gasteiger charge is 2.33. The van der Waals surface area contributed by atoms with Crippen LogP contribution in [0.25, 0.3) is 0 Å². The number of halogens is 3. The van der Waals surface area contributed by atoms with Crippen molar-refractivity contribution in [2.24, 2.45) is 0 Å². The number of sulfonamides is 1. The van der Waals surface area contributed by atoms with Crippen molar-refractivity contribution in [3.63, 3.8) is 0 Å². The predicted molar refractivity (Wildman–Crippen MR) is 128 cm³/mol. The van der Waals surface area contributed by atoms with Crippen molar-refractivity contribution in [1.82, 2.24) is 10.2 Å². The molecule has 192 valence electrons. The van der Waals surface area contributed by atoms with Gasteiger partial charge in [0.25, 0.3) is 10.0 Å². The van der Waals surface area contributed by atoms with Crippen LogP contribution >= 0.6 is 23.1 Å². The Labute approximate surface area is 212 Å². The van der Waals surface area contributed by atoms with Crippen molar-refractivity contribution in [1.29, 1.82) is 0 Å². The topological polar surface area (TPSA) is 119 Å². The molecule has 0 atom stereocenters. The normalized spacial score (nSPS) is 11.7. The van der Waals surface area contributed by atoms with Crippen molar-refractivity contribution in [3.05, 3.63) is 59.7 Å². The van der Waals surface area contributed by atoms with Gasteiger partial charge in [0.1, 0.15) is 6.54 Å². The lowest BCUT2D eigenvalue weighted by atomic mass is 10.2. The Morgan fingerprint density at radius 1 is 1.14 bits per heavy atom. The van der Waals surface area contributed by atoms with Gasteiger partial charge in [-0.3, -0.25) is 19.2 Å². The van der Waals surface area contributed by atoms with E-state index >= 15 is 0 Å². The summed E-state index contributed by atoms with van der Waals surface area (Å²) in [4.78, 5) is 23.8. The summed E-state index contributed by atoms with van der Waals surface area (Å²) in [6.45, 7) is 0.913. The van der Waals surface area contributed by atoms with Gasteiger partial charge < -0.3 is 4.74 Å². The van der Waals surface area contributed by atoms with E-state index in [4.69, 9.17) is 0 Å². The van der Waals surface area contributed by atoms with Crippen molar-refractivity contribution in [3.8, 4) is 0 Å². The summed E-state index contributed by atoms with van der Waals surface area (Å²) >= 11 is 1.96. The molecule has 1 N–H and O–H groups in total. The number of benzene rings is 2. The van der Waals surface area contributed by atoms with Crippen molar-refractivity contribution in [2.45, 2.75) is 22.3 Å². The van der Waals surface area contributed by atoms with E-state index in [0.717, 1.165) is 40.8 Å². The molecule has 0 fully saturated rings. The summed E-state index contributed by atoms with van der Waals surface area (Å²) < 4.78 is 72.1. The Morgan fingerprint density at radius 3 is 2.47 bits per heavy atom. The molecule has 0 saturated carbocycles. The van der Waals surface area contributed by atoms with Crippen LogP contribution in [0.5, 0.6) is 0 Å². The van der Waals surface area contributed by atoms with Crippen LogP contribution in [-0.2, 0) is 30.5 Å². The molecule has 0 radical (unpaired) electrons. The Balaban J connectivity index is 1.88. The third-order valence-corrected chi connectivity index (χ3v) is 8.29. The number of carbonyl (C=O) groups is 2. The van der Waals surface area contributed by atoms with Crippen LogP contribution in [0.3, 0.4) is 0 Å². The second-order valence-electron chi connectivity index (χ2n) is 7.16. The van der Waals surface area contributed by atoms with Gasteiger partial charge in [-0.05, 0) is 37.3 Å². The van der Waals surface area contributed by atoms with E-state index in [-0.39, 0.29) is 21.5 Å². The Kier molecular flexibility index (Phi) is 8.58. The number of anilines is 2. The molecule has 0 aliphatic rings. The summed E-state index contributed by atoms with van der Waals surface area (Å²) in [7, 11) is -3.19. The molecular weight excluding hydrogens is 541 g/mol. The summed E-state index contributed by atoms with van der Waals surface area (Å²) in [6, 6.07) is 9.36. The fraction of sp³-hybridized carbons (Fsp3) is 0.238. The van der Waals surface area contributed by atoms with Gasteiger partial charge in [0.15, 0.2) is 4.34 Å². The molecule has 0 unspecified atom stereocenters. The minimum absolute atomic E-state index is 0.0177. The van der Waals surface area contributed by atoms with Crippen LogP contribution in [0, 0.1) is 6.92 Å². The first-order valence-electron chi connectivity index (χ1n) is 10.00. The number of aryl methyl sites for hydroxylation is 1. The van der Waals surface area contributed by atoms with E-state index < -0.39 is 40.2 Å². The van der Waals surface area contributed by atoms with E-state index in [1.807, 2.05) is 0 Å². The molecule has 1 amide bonds. The minimum atomic E-state index is -4.72. The number of ether oxygens (including phenoxy) is 1. The van der Waals surface area contributed by atoms with Crippen LogP contribution in [0.2, 0.25) is 0 Å². The number of thioether (sulfide) groups is 1. The number of methoxy groups -OCH3 is 1. The third kappa shape index (κ3) is 6.95. The highest BCUT2D eigenvalue weighted by Crippen LogP contribution is 2.33. The zero-order valence-corrected chi connectivity index (χ0v) is 21.2. The minimum Gasteiger partial charge on any atom is -0.468 e. The van der Waals surface area contributed by atoms with Gasteiger partial charge >= 0.3 is 12.1 Å². The van der Waals surface area contributed by atoms with E-state index in [2.05, 4.69) is 20.3 Å². The molecule has 15 heteroatoms. The monoisotopic (exact) mass is 560 g/mol. The standard InChI is InChI=1S/C21H19F3N4O5S3/c1-13-6-8-16(9-7-13)36(31,32)28(15-5-3-4-14(10-15)21(22,23)24)11-17(29)25-19-26-27-20(35-19)34-12-18(30)33-2/h3-10H,11-12H2,1-2H3,(H,25,26,29). The maximum Gasteiger partial charge on any atom is 0.416 e. The molecule has 0 spiro atoms. The maximum atomic E-state index is 13.4. The second kappa shape index (κ2) is 11.3. The zero-order chi connectivity index (χ0) is 26.5. The summed E-state index contributed by atoms with van der Waals surface area (Å²) in [6.07, 6.45) is -4.72. The Hall–Kier alpha value is -3.17. The number of hydrogen-bond acceptors (Lipinski definition) is 9. The van der Waals surface area contributed by atoms with E-state index in [1.165, 1.54) is 37.4 Å². The fourth-order valence-corrected chi connectivity index (χ4v) is 5.79. The number of aromatic nitrogens is 2. The zero-order valence-electron chi connectivity index (χ0n) is 18.8. The van der Waals surface area contributed by atoms with Crippen molar-refractivity contribution >= 4 is 55.8 Å². The SMILES string of the molecule is COC(=O)CSc1nnc(NC(=O)CN(c2cccc(C(F)(F)F)c2)S(=O)(=O)c2ccc(C)cc2)s1. The first-order chi connectivity index (χ1) is 16.9. The second-order valence-corrected chi connectivity index (χ2v) is 11.2. The Morgan fingerprint density at radius 2 is 1.83 bits per heavy atom. The number of esters is 1. The average molecular weight is 561 g/mol. The summed E-state index contributed by atoms with van der Waals surface area (Å²) in [5.74, 6) is -1.38. The van der Waals surface area contributed by atoms with Gasteiger partial charge in [-0.2, -0.15) is 13.2 Å². The van der Waals surface area contributed by atoms with Crippen LogP contribution in [0.15, 0.2) is 57.8 Å². The number of rotatable bonds is 9. The predicted octanol–water partition coefficient (Wildman–Crippen LogP) is 3.96. The smallest absolute Gasteiger partial charge is 0.416 e. The molecule has 3 rings (SSSR count). The van der Waals surface area contributed by atoms with Gasteiger partial charge in [-0.25, -0.2) is 8.42 Å². The molecule has 1 heterocycles. The molecule has 0 bridgehead atoms. The molecule has 0 saturated heterocycles. The van der Waals surface area contributed by atoms with Crippen molar-refractivity contribution in [2.75, 3.05) is 29.0 Å². The average Bonchev–Trinajstić information content (AvgIpc) is 3.27.